The topological polar surface area (TPSA) is 192 Å². The molecule has 6 aromatic rings. The molecule has 1 saturated heterocycles. The summed E-state index contributed by atoms with van der Waals surface area (Å²) in [6, 6.07) is 15.5. The molecule has 0 radical (unpaired) electrons. The number of hydrogen-bond donors (Lipinski definition) is 4. The van der Waals surface area contributed by atoms with Gasteiger partial charge in [-0.3, -0.25) is 28.7 Å². The third-order valence-electron chi connectivity index (χ3n) is 12.3. The minimum atomic E-state index is -1.12. The zero-order chi connectivity index (χ0) is 47.4. The van der Waals surface area contributed by atoms with E-state index in [9.17, 15) is 29.4 Å². The smallest absolute Gasteiger partial charge is 0.306 e. The number of likely N-dealkylation sites (tertiary alicyclic amines) is 1. The Balaban J connectivity index is 1.01. The molecule has 4 N–H and O–H groups in total. The summed E-state index contributed by atoms with van der Waals surface area (Å²) in [6.45, 7) is 14.9. The fourth-order valence-corrected chi connectivity index (χ4v) is 10.6. The average molecular weight is 931 g/mol. The largest absolute Gasteiger partial charge is 0.481 e. The number of benzene rings is 3. The number of carboxylic acid groups (broad SMARTS) is 1. The fourth-order valence-electron chi connectivity index (χ4n) is 8.62. The van der Waals surface area contributed by atoms with Crippen LogP contribution < -0.4 is 10.6 Å². The lowest BCUT2D eigenvalue weighted by Crippen LogP contribution is -2.57. The molecular weight excluding hydrogens is 880 g/mol. The molecule has 0 bridgehead atoms. The van der Waals surface area contributed by atoms with Gasteiger partial charge < -0.3 is 25.7 Å². The van der Waals surface area contributed by atoms with Crippen LogP contribution in [0.4, 0.5) is 4.39 Å². The third-order valence-corrected chi connectivity index (χ3v) is 14.5. The van der Waals surface area contributed by atoms with E-state index >= 15 is 4.39 Å². The molecule has 0 unspecified atom stereocenters. The minimum absolute atomic E-state index is 0.0327. The number of carboxylic acids is 1. The second kappa shape index (κ2) is 18.1. The first kappa shape index (κ1) is 46.1. The van der Waals surface area contributed by atoms with Crippen molar-refractivity contribution in [2.45, 2.75) is 98.5 Å². The maximum absolute atomic E-state index is 15.7. The Morgan fingerprint density at radius 1 is 0.924 bits per heavy atom. The van der Waals surface area contributed by atoms with Crippen molar-refractivity contribution in [1.82, 2.24) is 35.3 Å². The number of nitrogens with one attached hydrogen (secondary N) is 2. The van der Waals surface area contributed by atoms with Gasteiger partial charge in [0.15, 0.2) is 5.82 Å². The van der Waals surface area contributed by atoms with Gasteiger partial charge >= 0.3 is 5.97 Å². The minimum Gasteiger partial charge on any atom is -0.481 e. The molecule has 8 rings (SSSR count). The molecule has 5 atom stereocenters. The highest BCUT2D eigenvalue weighted by Gasteiger charge is 2.45. The number of aliphatic hydroxyl groups excluding tert-OH is 1. The zero-order valence-corrected chi connectivity index (χ0v) is 39.5. The zero-order valence-electron chi connectivity index (χ0n) is 37.8. The number of hydrogen-bond acceptors (Lipinski definition) is 11. The van der Waals surface area contributed by atoms with Gasteiger partial charge in [-0.1, -0.05) is 69.3 Å². The third kappa shape index (κ3) is 8.94. The van der Waals surface area contributed by atoms with Gasteiger partial charge in [0.05, 0.1) is 40.4 Å². The SMILES string of the molecule is Cc1ncsc1-c1ccc([C@H](C)NC(=O)[C@@H]2C[C@@H](O)CN2C(=O)[C@@H](NC(=O)c2ccc(F)c(-c3ccc(C4=N[C@@H](CC(=O)O)c5nnc(C)n5-c5sc(C)c(C)c54)cc3)c2)C(C)(C)C)cc1. The highest BCUT2D eigenvalue weighted by molar-refractivity contribution is 7.15. The number of aryl methyl sites for hydroxylation is 3. The number of aromatic nitrogens is 4. The molecule has 3 amide bonds. The molecular formula is C49H51FN8O6S2. The van der Waals surface area contributed by atoms with Crippen LogP contribution in [0.15, 0.2) is 77.2 Å². The van der Waals surface area contributed by atoms with Crippen molar-refractivity contribution in [2.24, 2.45) is 10.4 Å². The molecule has 2 aliphatic rings. The molecule has 14 nitrogen and oxygen atoms in total. The van der Waals surface area contributed by atoms with Crippen molar-refractivity contribution in [3.05, 3.63) is 128 Å². The van der Waals surface area contributed by atoms with E-state index in [2.05, 4.69) is 25.8 Å². The maximum atomic E-state index is 15.7. The number of nitrogens with zero attached hydrogens (tertiary/aromatic N) is 6. The summed E-state index contributed by atoms with van der Waals surface area (Å²) in [5.41, 5.74) is 7.60. The standard InChI is InChI=1S/C49H51FN8O6S2/c1-24-27(4)66-48-40(24)41(53-37(21-39(60)61)44-56-55-28(5)58(44)48)31-13-11-30(12-14-31)35-19-33(17-18-36(35)50)45(62)54-43(49(6,7)8)47(64)57-22-34(59)20-38(57)46(63)52-25(2)29-9-15-32(16-10-29)42-26(3)51-23-65-42/h9-19,23,25,34,37-38,43,59H,20-22H2,1-8H3,(H,52,63)(H,54,62)(H,60,61)/t25-,34+,37-,38-,43+/m0/s1. The van der Waals surface area contributed by atoms with Crippen molar-refractivity contribution in [2.75, 3.05) is 6.54 Å². The first-order valence-corrected chi connectivity index (χ1v) is 23.3. The summed E-state index contributed by atoms with van der Waals surface area (Å²) in [5.74, 6) is -2.13. The molecule has 1 fully saturated rings. The lowest BCUT2D eigenvalue weighted by Gasteiger charge is -2.35. The number of thiophene rings is 1. The van der Waals surface area contributed by atoms with Gasteiger partial charge in [-0.15, -0.1) is 32.9 Å². The number of β-amino-alcohol motifs (C(OH)–C–C–N with tert-alkyl or cyclic N) is 1. The average Bonchev–Trinajstić information content (AvgIpc) is 4.04. The molecule has 0 spiro atoms. The van der Waals surface area contributed by atoms with Crippen molar-refractivity contribution < 1.29 is 33.8 Å². The van der Waals surface area contributed by atoms with Gasteiger partial charge in [0, 0.05) is 40.1 Å². The maximum Gasteiger partial charge on any atom is 0.306 e. The van der Waals surface area contributed by atoms with Crippen molar-refractivity contribution in [3.63, 3.8) is 0 Å². The quantitative estimate of drug-likeness (QED) is 0.100. The van der Waals surface area contributed by atoms with Crippen LogP contribution in [0.1, 0.15) is 107 Å². The molecule has 342 valence electrons. The van der Waals surface area contributed by atoms with Crippen molar-refractivity contribution in [1.29, 1.82) is 0 Å². The second-order valence-electron chi connectivity index (χ2n) is 18.1. The molecule has 0 saturated carbocycles. The van der Waals surface area contributed by atoms with Crippen LogP contribution in [0.5, 0.6) is 0 Å². The summed E-state index contributed by atoms with van der Waals surface area (Å²) in [7, 11) is 0. The lowest BCUT2D eigenvalue weighted by atomic mass is 9.85. The lowest BCUT2D eigenvalue weighted by molar-refractivity contribution is -0.142. The number of halogens is 1. The monoisotopic (exact) mass is 930 g/mol. The number of aliphatic imine (C=N–C) groups is 1. The van der Waals surface area contributed by atoms with Crippen molar-refractivity contribution >= 4 is 52.1 Å². The van der Waals surface area contributed by atoms with Crippen LogP contribution in [0, 0.1) is 38.9 Å². The van der Waals surface area contributed by atoms with E-state index in [1.165, 1.54) is 23.1 Å². The predicted molar refractivity (Wildman–Crippen MR) is 252 cm³/mol. The molecule has 66 heavy (non-hydrogen) atoms. The molecule has 2 aliphatic heterocycles. The highest BCUT2D eigenvalue weighted by atomic mass is 32.1. The van der Waals surface area contributed by atoms with Crippen molar-refractivity contribution in [3.8, 4) is 26.6 Å². The normalized spacial score (nSPS) is 17.9. The van der Waals surface area contributed by atoms with Gasteiger partial charge in [0.25, 0.3) is 5.91 Å². The molecule has 0 aliphatic carbocycles. The van der Waals surface area contributed by atoms with Crippen LogP contribution >= 0.6 is 22.7 Å². The summed E-state index contributed by atoms with van der Waals surface area (Å²) < 4.78 is 17.6. The molecule has 3 aromatic carbocycles. The van der Waals surface area contributed by atoms with Crippen LogP contribution in [-0.2, 0) is 14.4 Å². The first-order valence-electron chi connectivity index (χ1n) is 21.6. The van der Waals surface area contributed by atoms with E-state index in [1.807, 2.05) is 63.5 Å². The molecule has 17 heteroatoms. The Morgan fingerprint density at radius 2 is 1.61 bits per heavy atom. The van der Waals surface area contributed by atoms with E-state index in [1.54, 1.807) is 73.2 Å². The van der Waals surface area contributed by atoms with E-state index in [0.29, 0.717) is 28.5 Å². The Morgan fingerprint density at radius 3 is 2.26 bits per heavy atom. The first-order chi connectivity index (χ1) is 31.3. The fraction of sp³-hybridized carbons (Fsp3) is 0.347. The highest BCUT2D eigenvalue weighted by Crippen LogP contribution is 2.40. The van der Waals surface area contributed by atoms with Gasteiger partial charge in [-0.05, 0) is 80.5 Å². The van der Waals surface area contributed by atoms with Gasteiger partial charge in [0.1, 0.15) is 34.8 Å². The number of amides is 3. The molecule has 5 heterocycles. The Hall–Kier alpha value is -6.43. The summed E-state index contributed by atoms with van der Waals surface area (Å²) >= 11 is 3.10. The number of aliphatic carboxylic acids is 1. The van der Waals surface area contributed by atoms with E-state index in [0.717, 1.165) is 42.7 Å². The summed E-state index contributed by atoms with van der Waals surface area (Å²) in [4.78, 5) is 67.1. The van der Waals surface area contributed by atoms with E-state index < -0.39 is 65.2 Å². The van der Waals surface area contributed by atoms with Crippen LogP contribution in [0.25, 0.3) is 26.6 Å². The molecule has 3 aromatic heterocycles. The van der Waals surface area contributed by atoms with Gasteiger partial charge in [0.2, 0.25) is 11.8 Å². The van der Waals surface area contributed by atoms with Crippen LogP contribution in [-0.4, -0.2) is 89.0 Å². The Bertz CT molecular complexity index is 2900. The second-order valence-corrected chi connectivity index (χ2v) is 20.1. The van der Waals surface area contributed by atoms with Crippen LogP contribution in [0.2, 0.25) is 0 Å². The summed E-state index contributed by atoms with van der Waals surface area (Å²) in [5, 5.41) is 35.9. The summed E-state index contributed by atoms with van der Waals surface area (Å²) in [6.07, 6.45) is -1.21. The van der Waals surface area contributed by atoms with Gasteiger partial charge in [-0.2, -0.15) is 0 Å². The number of aliphatic hydroxyl groups is 1. The van der Waals surface area contributed by atoms with Crippen LogP contribution in [0.3, 0.4) is 0 Å². The number of carbonyl (C=O) groups excluding carboxylic acids is 3. The number of thiazole rings is 1. The predicted octanol–water partition coefficient (Wildman–Crippen LogP) is 7.84. The van der Waals surface area contributed by atoms with E-state index in [-0.39, 0.29) is 30.5 Å². The Kier molecular flexibility index (Phi) is 12.6. The van der Waals surface area contributed by atoms with E-state index in [4.69, 9.17) is 4.99 Å². The number of rotatable bonds is 11. The Labute approximate surface area is 389 Å². The number of carbonyl (C=O) groups is 4. The van der Waals surface area contributed by atoms with Gasteiger partial charge in [-0.25, -0.2) is 9.37 Å². The number of fused-ring (bicyclic) bond motifs is 3.